The predicted molar refractivity (Wildman–Crippen MR) is 108 cm³/mol. The number of halogens is 1. The van der Waals surface area contributed by atoms with Crippen LogP contribution < -0.4 is 9.64 Å². The maximum atomic E-state index is 12.9. The zero-order chi connectivity index (χ0) is 19.6. The Bertz CT molecular complexity index is 834. The molecule has 2 heterocycles. The summed E-state index contributed by atoms with van der Waals surface area (Å²) in [6.45, 7) is 5.47. The van der Waals surface area contributed by atoms with Crippen LogP contribution in [0.15, 0.2) is 18.2 Å². The number of benzene rings is 1. The second kappa shape index (κ2) is 8.21. The van der Waals surface area contributed by atoms with Gasteiger partial charge in [-0.1, -0.05) is 38.3 Å². The Labute approximate surface area is 165 Å². The highest BCUT2D eigenvalue weighted by Crippen LogP contribution is 2.38. The van der Waals surface area contributed by atoms with Crippen molar-refractivity contribution in [2.45, 2.75) is 46.1 Å². The van der Waals surface area contributed by atoms with Gasteiger partial charge in [-0.25, -0.2) is 4.98 Å². The number of methoxy groups -OCH3 is 1. The van der Waals surface area contributed by atoms with Crippen molar-refractivity contribution in [1.82, 2.24) is 14.5 Å². The van der Waals surface area contributed by atoms with E-state index in [0.717, 1.165) is 43.7 Å². The van der Waals surface area contributed by atoms with Crippen LogP contribution in [0.4, 0.5) is 11.5 Å². The van der Waals surface area contributed by atoms with Crippen molar-refractivity contribution >= 4 is 29.0 Å². The normalized spacial score (nSPS) is 13.9. The van der Waals surface area contributed by atoms with Gasteiger partial charge in [0, 0.05) is 26.1 Å². The number of fused-ring (bicyclic) bond motifs is 1. The summed E-state index contributed by atoms with van der Waals surface area (Å²) in [4.78, 5) is 21.5. The molecule has 0 radical (unpaired) electrons. The molecule has 7 heteroatoms. The zero-order valence-electron chi connectivity index (χ0n) is 16.5. The lowest BCUT2D eigenvalue weighted by Gasteiger charge is -2.34. The molecule has 0 N–H and O–H groups in total. The van der Waals surface area contributed by atoms with Crippen molar-refractivity contribution in [2.24, 2.45) is 0 Å². The number of ether oxygens (including phenoxy) is 1. The number of rotatable bonds is 7. The monoisotopic (exact) mass is 390 g/mol. The van der Waals surface area contributed by atoms with E-state index in [1.54, 1.807) is 18.1 Å². The molecule has 3 rings (SSSR count). The topological polar surface area (TPSA) is 50.6 Å². The SMILES string of the molecule is CCCCCn1c(CC)nc2c1C(=O)N(C)CN2c1ccc(OC)cc1Cl. The Morgan fingerprint density at radius 3 is 2.67 bits per heavy atom. The number of aryl methyl sites for hydroxylation is 1. The number of carbonyl (C=O) groups excluding carboxylic acids is 1. The number of carbonyl (C=O) groups is 1. The molecular formula is C20H27ClN4O2. The fourth-order valence-electron chi connectivity index (χ4n) is 3.46. The summed E-state index contributed by atoms with van der Waals surface area (Å²) in [5, 5.41) is 0.571. The van der Waals surface area contributed by atoms with Crippen molar-refractivity contribution < 1.29 is 9.53 Å². The van der Waals surface area contributed by atoms with Gasteiger partial charge in [0.2, 0.25) is 0 Å². The molecule has 1 aliphatic rings. The van der Waals surface area contributed by atoms with Crippen LogP contribution in [0.5, 0.6) is 5.75 Å². The maximum absolute atomic E-state index is 12.9. The molecule has 2 aromatic rings. The van der Waals surface area contributed by atoms with E-state index < -0.39 is 0 Å². The summed E-state index contributed by atoms with van der Waals surface area (Å²) in [5.41, 5.74) is 1.47. The first kappa shape index (κ1) is 19.5. The van der Waals surface area contributed by atoms with Crippen LogP contribution in [0.2, 0.25) is 5.02 Å². The Morgan fingerprint density at radius 2 is 2.04 bits per heavy atom. The minimum atomic E-state index is 0.00887. The van der Waals surface area contributed by atoms with E-state index in [9.17, 15) is 4.79 Å². The minimum Gasteiger partial charge on any atom is -0.497 e. The van der Waals surface area contributed by atoms with E-state index in [1.807, 2.05) is 24.1 Å². The standard InChI is InChI=1S/C20H27ClN4O2/c1-5-7-8-11-24-17(6-2)22-19-18(24)20(26)23(3)13-25(19)16-10-9-14(27-4)12-15(16)21/h9-10,12H,5-8,11,13H2,1-4H3. The Balaban J connectivity index is 2.08. The molecule has 0 spiro atoms. The van der Waals surface area contributed by atoms with E-state index in [-0.39, 0.29) is 5.91 Å². The first-order valence-corrected chi connectivity index (χ1v) is 9.85. The van der Waals surface area contributed by atoms with Gasteiger partial charge in [0.1, 0.15) is 11.6 Å². The molecule has 1 aromatic carbocycles. The van der Waals surface area contributed by atoms with Crippen LogP contribution in [0, 0.1) is 0 Å². The third-order valence-corrected chi connectivity index (χ3v) is 5.24. The smallest absolute Gasteiger partial charge is 0.275 e. The largest absolute Gasteiger partial charge is 0.497 e. The Hall–Kier alpha value is -2.21. The third-order valence-electron chi connectivity index (χ3n) is 4.93. The number of imidazole rings is 1. The summed E-state index contributed by atoms with van der Waals surface area (Å²) in [7, 11) is 3.42. The first-order valence-electron chi connectivity index (χ1n) is 9.47. The molecule has 0 unspecified atom stereocenters. The summed E-state index contributed by atoms with van der Waals surface area (Å²) < 4.78 is 7.34. The number of aromatic nitrogens is 2. The van der Waals surface area contributed by atoms with Crippen LogP contribution in [0.3, 0.4) is 0 Å². The van der Waals surface area contributed by atoms with Crippen molar-refractivity contribution in [1.29, 1.82) is 0 Å². The maximum Gasteiger partial charge on any atom is 0.275 e. The minimum absolute atomic E-state index is 0.00887. The van der Waals surface area contributed by atoms with Gasteiger partial charge >= 0.3 is 0 Å². The summed E-state index contributed by atoms with van der Waals surface area (Å²) >= 11 is 6.52. The fraction of sp³-hybridized carbons (Fsp3) is 0.500. The fourth-order valence-corrected chi connectivity index (χ4v) is 3.74. The lowest BCUT2D eigenvalue weighted by Crippen LogP contribution is -2.43. The molecule has 0 saturated heterocycles. The van der Waals surface area contributed by atoms with Gasteiger partial charge in [0.25, 0.3) is 5.91 Å². The third kappa shape index (κ3) is 3.63. The highest BCUT2D eigenvalue weighted by Gasteiger charge is 2.35. The summed E-state index contributed by atoms with van der Waals surface area (Å²) in [6.07, 6.45) is 4.08. The molecule has 0 bridgehead atoms. The van der Waals surface area contributed by atoms with Gasteiger partial charge in [-0.15, -0.1) is 0 Å². The molecule has 0 fully saturated rings. The quantitative estimate of drug-likeness (QED) is 0.654. The molecule has 0 saturated carbocycles. The average molecular weight is 391 g/mol. The number of nitrogens with zero attached hydrogens (tertiary/aromatic N) is 4. The lowest BCUT2D eigenvalue weighted by molar-refractivity contribution is 0.0775. The lowest BCUT2D eigenvalue weighted by atomic mass is 10.2. The molecule has 1 amide bonds. The number of hydrogen-bond acceptors (Lipinski definition) is 4. The molecule has 146 valence electrons. The van der Waals surface area contributed by atoms with Gasteiger partial charge in [0.05, 0.1) is 24.5 Å². The van der Waals surface area contributed by atoms with Crippen LogP contribution in [0.1, 0.15) is 49.4 Å². The van der Waals surface area contributed by atoms with Crippen LogP contribution >= 0.6 is 11.6 Å². The zero-order valence-corrected chi connectivity index (χ0v) is 17.2. The Kier molecular flexibility index (Phi) is 5.95. The van der Waals surface area contributed by atoms with Crippen LogP contribution in [0.25, 0.3) is 0 Å². The first-order chi connectivity index (χ1) is 13.0. The van der Waals surface area contributed by atoms with Crippen molar-refractivity contribution in [3.63, 3.8) is 0 Å². The predicted octanol–water partition coefficient (Wildman–Crippen LogP) is 4.48. The molecule has 0 aliphatic carbocycles. The van der Waals surface area contributed by atoms with Gasteiger partial charge in [0.15, 0.2) is 11.5 Å². The number of amides is 1. The van der Waals surface area contributed by atoms with E-state index in [0.29, 0.717) is 29.0 Å². The highest BCUT2D eigenvalue weighted by molar-refractivity contribution is 6.33. The molecule has 1 aliphatic heterocycles. The molecule has 27 heavy (non-hydrogen) atoms. The van der Waals surface area contributed by atoms with E-state index in [4.69, 9.17) is 21.3 Å². The number of anilines is 2. The molecule has 0 atom stereocenters. The Morgan fingerprint density at radius 1 is 1.26 bits per heavy atom. The summed E-state index contributed by atoms with van der Waals surface area (Å²) in [6, 6.07) is 5.57. The van der Waals surface area contributed by atoms with Gasteiger partial charge in [-0.2, -0.15) is 0 Å². The van der Waals surface area contributed by atoms with Crippen LogP contribution in [-0.4, -0.2) is 41.2 Å². The van der Waals surface area contributed by atoms with E-state index in [2.05, 4.69) is 18.4 Å². The second-order valence-electron chi connectivity index (χ2n) is 6.80. The second-order valence-corrected chi connectivity index (χ2v) is 7.21. The van der Waals surface area contributed by atoms with E-state index in [1.165, 1.54) is 0 Å². The van der Waals surface area contributed by atoms with Crippen molar-refractivity contribution in [3.05, 3.63) is 34.7 Å². The van der Waals surface area contributed by atoms with Crippen LogP contribution in [-0.2, 0) is 13.0 Å². The molecule has 1 aromatic heterocycles. The molecule has 6 nitrogen and oxygen atoms in total. The van der Waals surface area contributed by atoms with Gasteiger partial charge < -0.3 is 19.1 Å². The molecular weight excluding hydrogens is 364 g/mol. The van der Waals surface area contributed by atoms with Crippen molar-refractivity contribution in [2.75, 3.05) is 25.7 Å². The number of unbranched alkanes of at least 4 members (excludes halogenated alkanes) is 2. The summed E-state index contributed by atoms with van der Waals surface area (Å²) in [5.74, 6) is 2.34. The van der Waals surface area contributed by atoms with Crippen molar-refractivity contribution in [3.8, 4) is 5.75 Å². The van der Waals surface area contributed by atoms with E-state index >= 15 is 0 Å². The van der Waals surface area contributed by atoms with Gasteiger partial charge in [-0.3, -0.25) is 4.79 Å². The van der Waals surface area contributed by atoms with Gasteiger partial charge in [-0.05, 0) is 18.6 Å². The average Bonchev–Trinajstić information content (AvgIpc) is 3.04. The highest BCUT2D eigenvalue weighted by atomic mass is 35.5. The number of hydrogen-bond donors (Lipinski definition) is 0.